The SMILES string of the molecule is Cc1nc(C(C)NCc2cscc2C)cs1. The quantitative estimate of drug-likeness (QED) is 0.898. The molecule has 86 valence electrons. The van der Waals surface area contributed by atoms with Gasteiger partial charge in [-0.3, -0.25) is 0 Å². The van der Waals surface area contributed by atoms with Gasteiger partial charge in [-0.05, 0) is 42.7 Å². The minimum absolute atomic E-state index is 0.323. The highest BCUT2D eigenvalue weighted by Crippen LogP contribution is 2.18. The van der Waals surface area contributed by atoms with Gasteiger partial charge in [-0.2, -0.15) is 11.3 Å². The summed E-state index contributed by atoms with van der Waals surface area (Å²) in [6.07, 6.45) is 0. The first-order valence-corrected chi connectivity index (χ1v) is 7.16. The van der Waals surface area contributed by atoms with E-state index in [2.05, 4.69) is 40.3 Å². The van der Waals surface area contributed by atoms with E-state index in [1.807, 2.05) is 6.92 Å². The van der Waals surface area contributed by atoms with Crippen LogP contribution in [0.2, 0.25) is 0 Å². The molecule has 2 aromatic heterocycles. The maximum absolute atomic E-state index is 4.49. The standard InChI is InChI=1S/C12H16N2S2/c1-8-5-15-6-11(8)4-13-9(2)12-7-16-10(3)14-12/h5-7,9,13H,4H2,1-3H3. The smallest absolute Gasteiger partial charge is 0.0898 e. The third kappa shape index (κ3) is 2.70. The van der Waals surface area contributed by atoms with E-state index >= 15 is 0 Å². The molecule has 2 rings (SSSR count). The predicted octanol–water partition coefficient (Wildman–Crippen LogP) is 3.67. The van der Waals surface area contributed by atoms with E-state index in [9.17, 15) is 0 Å². The molecule has 16 heavy (non-hydrogen) atoms. The Balaban J connectivity index is 1.93. The van der Waals surface area contributed by atoms with Crippen LogP contribution in [0.5, 0.6) is 0 Å². The van der Waals surface area contributed by atoms with E-state index < -0.39 is 0 Å². The van der Waals surface area contributed by atoms with Gasteiger partial charge in [0.2, 0.25) is 0 Å². The Labute approximate surface area is 104 Å². The van der Waals surface area contributed by atoms with Crippen molar-refractivity contribution in [1.82, 2.24) is 10.3 Å². The van der Waals surface area contributed by atoms with Crippen LogP contribution in [0.1, 0.15) is 34.8 Å². The molecule has 0 saturated heterocycles. The Hall–Kier alpha value is -0.710. The van der Waals surface area contributed by atoms with Crippen molar-refractivity contribution >= 4 is 22.7 Å². The fraction of sp³-hybridized carbons (Fsp3) is 0.417. The third-order valence-corrected chi connectivity index (χ3v) is 4.34. The van der Waals surface area contributed by atoms with Gasteiger partial charge in [0.25, 0.3) is 0 Å². The van der Waals surface area contributed by atoms with Crippen LogP contribution in [-0.2, 0) is 6.54 Å². The first-order valence-electron chi connectivity index (χ1n) is 5.34. The lowest BCUT2D eigenvalue weighted by Gasteiger charge is -2.11. The number of thiophene rings is 1. The maximum Gasteiger partial charge on any atom is 0.0898 e. The van der Waals surface area contributed by atoms with E-state index in [0.717, 1.165) is 17.2 Å². The maximum atomic E-state index is 4.49. The Bertz CT molecular complexity index is 459. The number of nitrogens with one attached hydrogen (secondary N) is 1. The van der Waals surface area contributed by atoms with Crippen molar-refractivity contribution in [3.63, 3.8) is 0 Å². The topological polar surface area (TPSA) is 24.9 Å². The second-order valence-corrected chi connectivity index (χ2v) is 5.78. The molecule has 0 bridgehead atoms. The van der Waals surface area contributed by atoms with E-state index in [1.54, 1.807) is 22.7 Å². The molecule has 0 amide bonds. The van der Waals surface area contributed by atoms with Gasteiger partial charge in [0.1, 0.15) is 0 Å². The van der Waals surface area contributed by atoms with E-state index in [1.165, 1.54) is 11.1 Å². The summed E-state index contributed by atoms with van der Waals surface area (Å²) in [7, 11) is 0. The van der Waals surface area contributed by atoms with Gasteiger partial charge in [-0.25, -0.2) is 4.98 Å². The van der Waals surface area contributed by atoms with Gasteiger partial charge in [0.05, 0.1) is 10.7 Å². The highest BCUT2D eigenvalue weighted by molar-refractivity contribution is 7.09. The largest absolute Gasteiger partial charge is 0.305 e. The normalized spacial score (nSPS) is 12.9. The highest BCUT2D eigenvalue weighted by atomic mass is 32.1. The van der Waals surface area contributed by atoms with Crippen LogP contribution < -0.4 is 5.32 Å². The van der Waals surface area contributed by atoms with Gasteiger partial charge >= 0.3 is 0 Å². The monoisotopic (exact) mass is 252 g/mol. The first-order chi connectivity index (χ1) is 7.66. The summed E-state index contributed by atoms with van der Waals surface area (Å²) in [5, 5.41) is 11.2. The summed E-state index contributed by atoms with van der Waals surface area (Å²) < 4.78 is 0. The predicted molar refractivity (Wildman–Crippen MR) is 71.2 cm³/mol. The summed E-state index contributed by atoms with van der Waals surface area (Å²) in [5.41, 5.74) is 3.92. The van der Waals surface area contributed by atoms with Crippen LogP contribution in [0, 0.1) is 13.8 Å². The summed E-state index contributed by atoms with van der Waals surface area (Å²) in [6, 6.07) is 0.323. The molecule has 4 heteroatoms. The van der Waals surface area contributed by atoms with Crippen LogP contribution in [0.25, 0.3) is 0 Å². The van der Waals surface area contributed by atoms with E-state index in [0.29, 0.717) is 6.04 Å². The lowest BCUT2D eigenvalue weighted by Crippen LogP contribution is -2.18. The molecule has 0 radical (unpaired) electrons. The van der Waals surface area contributed by atoms with Gasteiger partial charge in [0, 0.05) is 18.0 Å². The van der Waals surface area contributed by atoms with Crippen molar-refractivity contribution in [3.8, 4) is 0 Å². The summed E-state index contributed by atoms with van der Waals surface area (Å²) in [4.78, 5) is 4.49. The molecular formula is C12H16N2S2. The average Bonchev–Trinajstić information content (AvgIpc) is 2.84. The van der Waals surface area contributed by atoms with Crippen LogP contribution >= 0.6 is 22.7 Å². The second-order valence-electron chi connectivity index (χ2n) is 3.97. The zero-order valence-corrected chi connectivity index (χ0v) is 11.4. The molecule has 1 N–H and O–H groups in total. The van der Waals surface area contributed by atoms with Gasteiger partial charge < -0.3 is 5.32 Å². The van der Waals surface area contributed by atoms with Crippen LogP contribution in [-0.4, -0.2) is 4.98 Å². The van der Waals surface area contributed by atoms with Gasteiger partial charge in [-0.15, -0.1) is 11.3 Å². The van der Waals surface area contributed by atoms with Gasteiger partial charge in [-0.1, -0.05) is 0 Å². The zero-order chi connectivity index (χ0) is 11.5. The molecular weight excluding hydrogens is 236 g/mol. The molecule has 0 aliphatic heterocycles. The van der Waals surface area contributed by atoms with Crippen molar-refractivity contribution in [1.29, 1.82) is 0 Å². The number of hydrogen-bond donors (Lipinski definition) is 1. The molecule has 2 aromatic rings. The number of nitrogens with zero attached hydrogens (tertiary/aromatic N) is 1. The van der Waals surface area contributed by atoms with Crippen LogP contribution in [0.3, 0.4) is 0 Å². The Morgan fingerprint density at radius 3 is 2.69 bits per heavy atom. The number of aryl methyl sites for hydroxylation is 2. The highest BCUT2D eigenvalue weighted by Gasteiger charge is 2.08. The minimum Gasteiger partial charge on any atom is -0.305 e. The third-order valence-electron chi connectivity index (χ3n) is 2.64. The molecule has 0 spiro atoms. The van der Waals surface area contributed by atoms with Crippen LogP contribution in [0.4, 0.5) is 0 Å². The van der Waals surface area contributed by atoms with Crippen molar-refractivity contribution in [2.75, 3.05) is 0 Å². The zero-order valence-electron chi connectivity index (χ0n) is 9.78. The number of thiazole rings is 1. The second kappa shape index (κ2) is 5.08. The Kier molecular flexibility index (Phi) is 3.74. The summed E-state index contributed by atoms with van der Waals surface area (Å²) >= 11 is 3.47. The first kappa shape index (κ1) is 11.8. The fourth-order valence-electron chi connectivity index (χ4n) is 1.51. The molecule has 1 atom stereocenters. The van der Waals surface area contributed by atoms with Crippen molar-refractivity contribution < 1.29 is 0 Å². The van der Waals surface area contributed by atoms with Gasteiger partial charge in [0.15, 0.2) is 0 Å². The lowest BCUT2D eigenvalue weighted by atomic mass is 10.2. The molecule has 0 aliphatic carbocycles. The molecule has 0 aliphatic rings. The number of rotatable bonds is 4. The summed E-state index contributed by atoms with van der Waals surface area (Å²) in [5.74, 6) is 0. The Morgan fingerprint density at radius 1 is 1.31 bits per heavy atom. The number of hydrogen-bond acceptors (Lipinski definition) is 4. The van der Waals surface area contributed by atoms with Crippen molar-refractivity contribution in [2.45, 2.75) is 33.4 Å². The summed E-state index contributed by atoms with van der Waals surface area (Å²) in [6.45, 7) is 7.29. The molecule has 0 fully saturated rings. The van der Waals surface area contributed by atoms with E-state index in [4.69, 9.17) is 0 Å². The van der Waals surface area contributed by atoms with Crippen molar-refractivity contribution in [3.05, 3.63) is 38.0 Å². The minimum atomic E-state index is 0.323. The molecule has 0 saturated carbocycles. The Morgan fingerprint density at radius 2 is 2.12 bits per heavy atom. The fourth-order valence-corrected chi connectivity index (χ4v) is 3.08. The lowest BCUT2D eigenvalue weighted by molar-refractivity contribution is 0.563. The molecule has 2 heterocycles. The van der Waals surface area contributed by atoms with Crippen molar-refractivity contribution in [2.24, 2.45) is 0 Å². The number of aromatic nitrogens is 1. The van der Waals surface area contributed by atoms with E-state index in [-0.39, 0.29) is 0 Å². The molecule has 1 unspecified atom stereocenters. The van der Waals surface area contributed by atoms with Crippen LogP contribution in [0.15, 0.2) is 16.1 Å². The molecule has 0 aromatic carbocycles. The average molecular weight is 252 g/mol. The molecule has 2 nitrogen and oxygen atoms in total.